The molecule has 0 spiro atoms. The maximum atomic E-state index is 10.7. The highest BCUT2D eigenvalue weighted by Gasteiger charge is 2.11. The summed E-state index contributed by atoms with van der Waals surface area (Å²) in [6, 6.07) is 6.79. The highest BCUT2D eigenvalue weighted by Crippen LogP contribution is 2.19. The minimum atomic E-state index is -0.747. The Balaban J connectivity index is 2.37. The third kappa shape index (κ3) is 1.97. The zero-order valence-corrected chi connectivity index (χ0v) is 8.23. The molecule has 1 aromatic carbocycles. The van der Waals surface area contributed by atoms with Crippen molar-refractivity contribution in [1.82, 2.24) is 10.2 Å². The quantitative estimate of drug-likeness (QED) is 0.836. The van der Waals surface area contributed by atoms with Crippen LogP contribution in [0.1, 0.15) is 10.7 Å². The Hall–Kier alpha value is -1.88. The van der Waals surface area contributed by atoms with Crippen molar-refractivity contribution in [3.05, 3.63) is 35.2 Å². The average Bonchev–Trinajstić information content (AvgIpc) is 2.68. The molecule has 6 heteroatoms. The van der Waals surface area contributed by atoms with Crippen LogP contribution in [0.5, 0.6) is 0 Å². The Kier molecular flexibility index (Phi) is 2.39. The molecule has 0 radical (unpaired) electrons. The smallest absolute Gasteiger partial charge is 0.306 e. The molecule has 1 amide bonds. The third-order valence-corrected chi connectivity index (χ3v) is 1.98. The van der Waals surface area contributed by atoms with Gasteiger partial charge in [0.05, 0.1) is 0 Å². The van der Waals surface area contributed by atoms with Crippen molar-refractivity contribution in [1.29, 1.82) is 0 Å². The van der Waals surface area contributed by atoms with Crippen molar-refractivity contribution < 1.29 is 9.21 Å². The van der Waals surface area contributed by atoms with Crippen molar-refractivity contribution in [2.75, 3.05) is 0 Å². The molecule has 15 heavy (non-hydrogen) atoms. The Morgan fingerprint density at radius 2 is 1.93 bits per heavy atom. The maximum absolute atomic E-state index is 10.7. The molecule has 0 aliphatic heterocycles. The highest BCUT2D eigenvalue weighted by molar-refractivity contribution is 6.30. The number of hydrogen-bond acceptors (Lipinski definition) is 4. The lowest BCUT2D eigenvalue weighted by atomic mass is 10.2. The first kappa shape index (κ1) is 9.67. The number of nitrogens with zero attached hydrogens (tertiary/aromatic N) is 2. The molecule has 5 nitrogen and oxygen atoms in total. The second-order valence-corrected chi connectivity index (χ2v) is 3.22. The van der Waals surface area contributed by atoms with Gasteiger partial charge in [-0.05, 0) is 24.3 Å². The molecular weight excluding hydrogens is 218 g/mol. The van der Waals surface area contributed by atoms with Crippen LogP contribution < -0.4 is 5.73 Å². The molecule has 0 saturated heterocycles. The summed E-state index contributed by atoms with van der Waals surface area (Å²) in [6.45, 7) is 0. The van der Waals surface area contributed by atoms with Gasteiger partial charge in [-0.1, -0.05) is 11.6 Å². The summed E-state index contributed by atoms with van der Waals surface area (Å²) in [5.41, 5.74) is 5.65. The summed E-state index contributed by atoms with van der Waals surface area (Å²) in [5, 5.41) is 7.77. The second kappa shape index (κ2) is 3.70. The van der Waals surface area contributed by atoms with E-state index in [1.165, 1.54) is 0 Å². The number of primary amides is 1. The number of carbonyl (C=O) groups excluding carboxylic acids is 1. The normalized spacial score (nSPS) is 10.2. The van der Waals surface area contributed by atoms with E-state index >= 15 is 0 Å². The lowest BCUT2D eigenvalue weighted by molar-refractivity contribution is 0.0968. The zero-order chi connectivity index (χ0) is 10.8. The van der Waals surface area contributed by atoms with Gasteiger partial charge in [-0.15, -0.1) is 10.2 Å². The van der Waals surface area contributed by atoms with Gasteiger partial charge >= 0.3 is 11.8 Å². The van der Waals surface area contributed by atoms with Gasteiger partial charge in [0.15, 0.2) is 0 Å². The van der Waals surface area contributed by atoms with Crippen molar-refractivity contribution in [3.8, 4) is 11.5 Å². The van der Waals surface area contributed by atoms with Crippen molar-refractivity contribution in [3.63, 3.8) is 0 Å². The van der Waals surface area contributed by atoms with Crippen molar-refractivity contribution >= 4 is 17.5 Å². The van der Waals surface area contributed by atoms with Crippen LogP contribution in [-0.4, -0.2) is 16.1 Å². The van der Waals surface area contributed by atoms with Crippen LogP contribution in [-0.2, 0) is 0 Å². The summed E-state index contributed by atoms with van der Waals surface area (Å²) in [4.78, 5) is 10.7. The van der Waals surface area contributed by atoms with Gasteiger partial charge in [-0.3, -0.25) is 4.79 Å². The molecule has 1 aromatic heterocycles. The van der Waals surface area contributed by atoms with Crippen LogP contribution in [0.4, 0.5) is 0 Å². The molecule has 0 aliphatic carbocycles. The third-order valence-electron chi connectivity index (χ3n) is 1.73. The number of amides is 1. The van der Waals surface area contributed by atoms with Crippen molar-refractivity contribution in [2.45, 2.75) is 0 Å². The monoisotopic (exact) mass is 223 g/mol. The molecular formula is C9H6ClN3O2. The van der Waals surface area contributed by atoms with E-state index in [9.17, 15) is 4.79 Å². The fourth-order valence-corrected chi connectivity index (χ4v) is 1.16. The molecule has 0 saturated carbocycles. The summed E-state index contributed by atoms with van der Waals surface area (Å²) >= 11 is 5.71. The van der Waals surface area contributed by atoms with Gasteiger partial charge in [0.25, 0.3) is 0 Å². The van der Waals surface area contributed by atoms with Crippen LogP contribution in [0.25, 0.3) is 11.5 Å². The molecule has 0 atom stereocenters. The van der Waals surface area contributed by atoms with E-state index in [0.717, 1.165) is 0 Å². The Bertz CT molecular complexity index is 492. The highest BCUT2D eigenvalue weighted by atomic mass is 35.5. The van der Waals surface area contributed by atoms with Gasteiger partial charge in [0.2, 0.25) is 5.89 Å². The fraction of sp³-hybridized carbons (Fsp3) is 0. The van der Waals surface area contributed by atoms with Crippen LogP contribution in [0, 0.1) is 0 Å². The SMILES string of the molecule is NC(=O)c1nnc(-c2ccc(Cl)cc2)o1. The Labute approximate surface area is 89.9 Å². The van der Waals surface area contributed by atoms with Gasteiger partial charge in [0.1, 0.15) is 0 Å². The first-order valence-corrected chi connectivity index (χ1v) is 4.44. The van der Waals surface area contributed by atoms with Crippen LogP contribution >= 0.6 is 11.6 Å². The van der Waals surface area contributed by atoms with Gasteiger partial charge in [0, 0.05) is 10.6 Å². The minimum Gasteiger partial charge on any atom is -0.412 e. The summed E-state index contributed by atoms with van der Waals surface area (Å²) in [6.07, 6.45) is 0. The van der Waals surface area contributed by atoms with E-state index in [4.69, 9.17) is 21.8 Å². The summed E-state index contributed by atoms with van der Waals surface area (Å²) in [5.74, 6) is -0.719. The van der Waals surface area contributed by atoms with Crippen LogP contribution in [0.3, 0.4) is 0 Å². The van der Waals surface area contributed by atoms with E-state index < -0.39 is 5.91 Å². The second-order valence-electron chi connectivity index (χ2n) is 2.78. The van der Waals surface area contributed by atoms with E-state index in [1.54, 1.807) is 24.3 Å². The molecule has 0 bridgehead atoms. The number of halogens is 1. The minimum absolute atomic E-state index is 0.208. The number of aromatic nitrogens is 2. The topological polar surface area (TPSA) is 82.0 Å². The first-order chi connectivity index (χ1) is 7.16. The standard InChI is InChI=1S/C9H6ClN3O2/c10-6-3-1-5(2-4-6)8-12-13-9(15-8)7(11)14/h1-4H,(H2,11,14). The average molecular weight is 224 g/mol. The molecule has 76 valence electrons. The molecule has 0 unspecified atom stereocenters. The predicted molar refractivity (Wildman–Crippen MR) is 53.3 cm³/mol. The lowest BCUT2D eigenvalue weighted by Crippen LogP contribution is -2.10. The van der Waals surface area contributed by atoms with E-state index in [1.807, 2.05) is 0 Å². The lowest BCUT2D eigenvalue weighted by Gasteiger charge is -1.93. The summed E-state index contributed by atoms with van der Waals surface area (Å²) < 4.78 is 5.03. The van der Waals surface area contributed by atoms with Crippen LogP contribution in [0.15, 0.2) is 28.7 Å². The van der Waals surface area contributed by atoms with Gasteiger partial charge in [-0.25, -0.2) is 0 Å². The number of rotatable bonds is 2. The van der Waals surface area contributed by atoms with E-state index in [-0.39, 0.29) is 11.8 Å². The number of nitrogens with two attached hydrogens (primary N) is 1. The molecule has 2 rings (SSSR count). The number of carbonyl (C=O) groups is 1. The largest absolute Gasteiger partial charge is 0.412 e. The first-order valence-electron chi connectivity index (χ1n) is 4.06. The number of benzene rings is 1. The van der Waals surface area contributed by atoms with Crippen LogP contribution in [0.2, 0.25) is 5.02 Å². The molecule has 0 aliphatic rings. The Morgan fingerprint density at radius 1 is 1.27 bits per heavy atom. The summed E-state index contributed by atoms with van der Waals surface area (Å²) in [7, 11) is 0. The predicted octanol–water partition coefficient (Wildman–Crippen LogP) is 1.49. The van der Waals surface area contributed by atoms with Gasteiger partial charge < -0.3 is 10.2 Å². The Morgan fingerprint density at radius 3 is 2.47 bits per heavy atom. The molecule has 2 aromatic rings. The fourth-order valence-electron chi connectivity index (χ4n) is 1.03. The zero-order valence-electron chi connectivity index (χ0n) is 7.48. The molecule has 0 fully saturated rings. The molecule has 2 N–H and O–H groups in total. The molecule has 1 heterocycles. The van der Waals surface area contributed by atoms with Gasteiger partial charge in [-0.2, -0.15) is 0 Å². The number of hydrogen-bond donors (Lipinski definition) is 1. The van der Waals surface area contributed by atoms with Crippen molar-refractivity contribution in [2.24, 2.45) is 5.73 Å². The van der Waals surface area contributed by atoms with E-state index in [0.29, 0.717) is 10.6 Å². The van der Waals surface area contributed by atoms with E-state index in [2.05, 4.69) is 10.2 Å². The maximum Gasteiger partial charge on any atom is 0.306 e.